The van der Waals surface area contributed by atoms with Gasteiger partial charge < -0.3 is 134 Å². The zero-order valence-corrected chi connectivity index (χ0v) is 95.1. The summed E-state index contributed by atoms with van der Waals surface area (Å²) in [4.78, 5) is 168. The van der Waals surface area contributed by atoms with E-state index < -0.39 is 354 Å². The average molecular weight is 2180 g/mol. The quantitative estimate of drug-likeness (QED) is 0.00642. The minimum Gasteiger partial charge on any atom is -0.726 e. The summed E-state index contributed by atoms with van der Waals surface area (Å²) in [7, 11) is -30.9. The van der Waals surface area contributed by atoms with E-state index in [9.17, 15) is 118 Å². The normalized spacial score (nSPS) is 27.9. The van der Waals surface area contributed by atoms with Crippen LogP contribution in [-0.4, -0.2) is 341 Å². The molecule has 0 radical (unpaired) electrons. The molecular formula is C76H116N3Na5O52S5. The van der Waals surface area contributed by atoms with Crippen LogP contribution in [0.15, 0.2) is 11.8 Å². The number of hydrogen-bond acceptors (Lipinski definition) is 52. The predicted molar refractivity (Wildman–Crippen MR) is 434 cm³/mol. The van der Waals surface area contributed by atoms with E-state index in [1.165, 1.54) is 34.6 Å². The third-order valence-corrected chi connectivity index (χ3v) is 21.7. The van der Waals surface area contributed by atoms with E-state index in [0.29, 0.717) is 25.8 Å². The summed E-state index contributed by atoms with van der Waals surface area (Å²) < 4.78 is 331. The van der Waals surface area contributed by atoms with Crippen molar-refractivity contribution in [1.29, 1.82) is 0 Å². The number of aliphatic hydroxyl groups excluding tert-OH is 1. The fourth-order valence-corrected chi connectivity index (χ4v) is 15.6. The fourth-order valence-electron chi connectivity index (χ4n) is 13.8. The summed E-state index contributed by atoms with van der Waals surface area (Å²) >= 11 is 0. The smallest absolute Gasteiger partial charge is 0.726 e. The summed E-state index contributed by atoms with van der Waals surface area (Å²) in [5.41, 5.74) is 0. The van der Waals surface area contributed by atoms with Crippen LogP contribution < -0.4 is 164 Å². The minimum absolute atomic E-state index is 0. The Hall–Kier alpha value is -2.87. The number of hydrogen-bond donors (Lipinski definition) is 4. The third kappa shape index (κ3) is 48.5. The maximum absolute atomic E-state index is 15.4. The van der Waals surface area contributed by atoms with Crippen LogP contribution in [0.25, 0.3) is 0 Å². The van der Waals surface area contributed by atoms with Crippen LogP contribution in [-0.2, 0) is 220 Å². The molecule has 5 rings (SSSR count). The van der Waals surface area contributed by atoms with E-state index in [4.69, 9.17) is 103 Å². The molecule has 55 nitrogen and oxygen atoms in total. The summed E-state index contributed by atoms with van der Waals surface area (Å²) in [5, 5.41) is 18.6. The van der Waals surface area contributed by atoms with Crippen molar-refractivity contribution in [3.63, 3.8) is 0 Å². The second kappa shape index (κ2) is 67.4. The standard InChI is InChI=1S/C76H121N3O52S5.5Na/c1-13-22-31-108-52(89)34-42(35-111-46(83)25-16-4)115-72-54(78-40(11)81)60(120-48(85)27-18-6)57(44(117-72)37-113-133(96,97)98)124-75-69(131-136(105,106)107)65(123-51(88)30-21-9)63(67(129-75)71(92)110-33-24-15-3)127-74-55(79-41(12)82)61(121-49(86)28-19-7)58(45(118-74)38-114-134(99,100)101)125-76-68(130-135(102,103)104)64(122-50(87)29-20-8)62(66(128-76)70(91)109-32-23-14-2)126-73-53(77-39(10)80)59(119-47(84)26-17-5)56(90)43(116-73)36-112-132(93,94)95;;;;;/h34,43-45,53-69,72-76,90H,13-33,35-38H2,1-12H3,(H,77,80)(H,78,81)(H,79,82)(H,93,94,95)(H,96,97,98)(H,99,100,101)(H,102,103,104)(H,105,106,107);;;;;/q;5*+1/p-5/b42-34+;;;;;. The maximum Gasteiger partial charge on any atom is 1.00 e. The van der Waals surface area contributed by atoms with E-state index in [0.717, 1.165) is 13.8 Å². The molecule has 0 aromatic heterocycles. The molecule has 5 heterocycles. The third-order valence-electron chi connectivity index (χ3n) is 19.5. The van der Waals surface area contributed by atoms with Crippen molar-refractivity contribution >= 4 is 123 Å². The molecule has 65 heteroatoms. The van der Waals surface area contributed by atoms with Gasteiger partial charge in [0.1, 0.15) is 79.3 Å². The van der Waals surface area contributed by atoms with Crippen LogP contribution in [0.5, 0.6) is 0 Å². The summed E-state index contributed by atoms with van der Waals surface area (Å²) in [6, 6.07) is -6.91. The zero-order valence-electron chi connectivity index (χ0n) is 81.0. The number of ether oxygens (including phenoxy) is 19. The number of aliphatic hydroxyl groups is 1. The van der Waals surface area contributed by atoms with Crippen LogP contribution >= 0.6 is 0 Å². The first-order valence-electron chi connectivity index (χ1n) is 43.2. The number of unbranched alkanes of at least 4 members (excludes halogenated alkanes) is 3. The SMILES string of the molecule is CCCCOC(=O)/C=C(\COC(=O)CCC)OC1OC(COS(=O)(=O)[O-])C(OC2OC(C(=O)OCCCC)C(OC3OC(COS(=O)(=O)[O-])C(OC4OC(C(=O)OCCCC)C(OC5OC(COS(=O)(=O)[O-])C(O)C(OC(=O)CCC)C5NC(C)=O)C(OC(=O)CCC)C4OS(=O)(=O)[O-])C(OC(=O)CCC)C3NC(C)=O)C(OC(=O)CCC)C2OS(=O)(=O)[O-])C(OC(=O)CCC)C1NC(C)=O.[Na+].[Na+].[Na+].[Na+].[Na+]. The molecule has 782 valence electrons. The topological polar surface area (TPSA) is 769 Å². The molecular weight excluding hydrogens is 2060 g/mol. The van der Waals surface area contributed by atoms with Crippen molar-refractivity contribution in [3.05, 3.63) is 11.8 Å². The van der Waals surface area contributed by atoms with Crippen molar-refractivity contribution in [1.82, 2.24) is 16.0 Å². The molecule has 5 aliphatic rings. The molecule has 0 bridgehead atoms. The summed E-state index contributed by atoms with van der Waals surface area (Å²) in [6.45, 7) is 8.47. The Morgan fingerprint density at radius 2 is 0.610 bits per heavy atom. The first-order chi connectivity index (χ1) is 63.7. The second-order valence-electron chi connectivity index (χ2n) is 30.8. The van der Waals surface area contributed by atoms with E-state index in [2.05, 4.69) is 24.3 Å². The van der Waals surface area contributed by atoms with Gasteiger partial charge in [-0.15, -0.1) is 0 Å². The van der Waals surface area contributed by atoms with Crippen LogP contribution in [0.1, 0.15) is 199 Å². The van der Waals surface area contributed by atoms with E-state index in [-0.39, 0.29) is 225 Å². The number of carbonyl (C=O) groups excluding carboxylic acids is 12. The number of amides is 3. The van der Waals surface area contributed by atoms with E-state index in [1.807, 2.05) is 0 Å². The predicted octanol–water partition coefficient (Wildman–Crippen LogP) is -17.0. The van der Waals surface area contributed by atoms with Crippen LogP contribution in [0.3, 0.4) is 0 Å². The number of nitrogens with one attached hydrogen (secondary N) is 3. The van der Waals surface area contributed by atoms with Gasteiger partial charge in [0.15, 0.2) is 80.1 Å². The Bertz CT molecular complexity index is 4610. The summed E-state index contributed by atoms with van der Waals surface area (Å²) in [5.74, 6) is -16.5. The van der Waals surface area contributed by atoms with Crippen molar-refractivity contribution in [2.75, 3.05) is 46.2 Å². The average Bonchev–Trinajstić information content (AvgIpc) is 0.749. The van der Waals surface area contributed by atoms with Crippen molar-refractivity contribution < 1.29 is 386 Å². The van der Waals surface area contributed by atoms with Gasteiger partial charge in [-0.3, -0.25) is 64.1 Å². The zero-order chi connectivity index (χ0) is 102. The fraction of sp³-hybridized carbons (Fsp3) is 0.816. The Balaban J connectivity index is 0.0000392. The van der Waals surface area contributed by atoms with Gasteiger partial charge in [-0.1, -0.05) is 81.6 Å². The minimum atomic E-state index is -6.52. The molecule has 5 aliphatic heterocycles. The Morgan fingerprint density at radius 1 is 0.319 bits per heavy atom. The molecule has 0 aliphatic carbocycles. The van der Waals surface area contributed by atoms with Gasteiger partial charge in [0, 0.05) is 59.3 Å². The Morgan fingerprint density at radius 3 is 0.936 bits per heavy atom. The molecule has 5 saturated heterocycles. The molecule has 3 amide bonds. The van der Waals surface area contributed by atoms with Gasteiger partial charge in [-0.05, 0) is 57.8 Å². The van der Waals surface area contributed by atoms with E-state index >= 15 is 9.59 Å². The van der Waals surface area contributed by atoms with Crippen molar-refractivity contribution in [2.45, 2.75) is 352 Å². The molecule has 0 saturated carbocycles. The first kappa shape index (κ1) is 138. The van der Waals surface area contributed by atoms with Gasteiger partial charge in [0.2, 0.25) is 76.0 Å². The van der Waals surface area contributed by atoms with Gasteiger partial charge in [-0.25, -0.2) is 56.5 Å². The van der Waals surface area contributed by atoms with Gasteiger partial charge in [0.05, 0.1) is 45.7 Å². The molecule has 5 fully saturated rings. The number of esters is 9. The molecule has 0 spiro atoms. The van der Waals surface area contributed by atoms with Crippen molar-refractivity contribution in [3.8, 4) is 0 Å². The largest absolute Gasteiger partial charge is 1.00 e. The maximum atomic E-state index is 15.4. The first-order valence-corrected chi connectivity index (χ1v) is 49.9. The molecule has 25 atom stereocenters. The molecule has 0 aromatic rings. The van der Waals surface area contributed by atoms with Gasteiger partial charge >= 0.3 is 202 Å². The van der Waals surface area contributed by atoms with Gasteiger partial charge in [-0.2, -0.15) is 0 Å². The monoisotopic (exact) mass is 2180 g/mol. The van der Waals surface area contributed by atoms with Crippen LogP contribution in [0.4, 0.5) is 0 Å². The molecule has 25 unspecified atom stereocenters. The Labute approximate surface area is 926 Å². The Kier molecular flexibility index (Phi) is 66.1. The second-order valence-corrected chi connectivity index (χ2v) is 36.0. The van der Waals surface area contributed by atoms with Gasteiger partial charge in [0.25, 0.3) is 0 Å². The van der Waals surface area contributed by atoms with E-state index in [1.54, 1.807) is 27.7 Å². The number of rotatable bonds is 57. The molecule has 4 N–H and O–H groups in total. The summed E-state index contributed by atoms with van der Waals surface area (Å²) in [6.07, 6.45) is -62.0. The van der Waals surface area contributed by atoms with Crippen molar-refractivity contribution in [2.24, 2.45) is 0 Å². The number of carbonyl (C=O) groups is 12. The van der Waals surface area contributed by atoms with Crippen LogP contribution in [0.2, 0.25) is 0 Å². The van der Waals surface area contributed by atoms with Crippen LogP contribution in [0, 0.1) is 0 Å². The molecule has 141 heavy (non-hydrogen) atoms. The molecule has 0 aromatic carbocycles.